The van der Waals surface area contributed by atoms with E-state index in [1.165, 1.54) is 0 Å². The standard InChI is InChI=1S/C26H31ClN2O3/c1-18-16-29(17-19(2)32-18)24(30)21-7-5-20(6-8-21)15-28-25(31)26(13-3-4-14-26)22-9-11-23(27)12-10-22/h5-12,18-19H,3-4,13-17H2,1-2H3,(H,28,31). The summed E-state index contributed by atoms with van der Waals surface area (Å²) in [5.41, 5.74) is 2.19. The van der Waals surface area contributed by atoms with Crippen LogP contribution in [0.4, 0.5) is 0 Å². The van der Waals surface area contributed by atoms with Gasteiger partial charge in [-0.15, -0.1) is 0 Å². The van der Waals surface area contributed by atoms with Crippen LogP contribution in [0.2, 0.25) is 5.02 Å². The molecular formula is C26H31ClN2O3. The van der Waals surface area contributed by atoms with Crippen molar-refractivity contribution in [1.29, 1.82) is 0 Å². The number of carbonyl (C=O) groups excluding carboxylic acids is 2. The van der Waals surface area contributed by atoms with E-state index < -0.39 is 5.41 Å². The zero-order valence-corrected chi connectivity index (χ0v) is 19.5. The highest BCUT2D eigenvalue weighted by atomic mass is 35.5. The Balaban J connectivity index is 1.40. The summed E-state index contributed by atoms with van der Waals surface area (Å²) in [6.07, 6.45) is 3.88. The summed E-state index contributed by atoms with van der Waals surface area (Å²) in [5, 5.41) is 3.81. The zero-order valence-electron chi connectivity index (χ0n) is 18.8. The summed E-state index contributed by atoms with van der Waals surface area (Å²) in [4.78, 5) is 28.0. The zero-order chi connectivity index (χ0) is 22.7. The predicted molar refractivity (Wildman–Crippen MR) is 126 cm³/mol. The molecule has 0 radical (unpaired) electrons. The maximum absolute atomic E-state index is 13.3. The molecule has 2 fully saturated rings. The van der Waals surface area contributed by atoms with Crippen molar-refractivity contribution in [3.8, 4) is 0 Å². The van der Waals surface area contributed by atoms with Gasteiger partial charge in [0.2, 0.25) is 5.91 Å². The number of morpholine rings is 1. The van der Waals surface area contributed by atoms with Gasteiger partial charge in [-0.3, -0.25) is 9.59 Å². The Morgan fingerprint density at radius 3 is 2.19 bits per heavy atom. The maximum Gasteiger partial charge on any atom is 0.254 e. The van der Waals surface area contributed by atoms with Crippen molar-refractivity contribution in [1.82, 2.24) is 10.2 Å². The fraction of sp³-hybridized carbons (Fsp3) is 0.462. The molecule has 32 heavy (non-hydrogen) atoms. The molecule has 6 heteroatoms. The smallest absolute Gasteiger partial charge is 0.254 e. The predicted octanol–water partition coefficient (Wildman–Crippen LogP) is 4.72. The molecule has 0 aromatic heterocycles. The maximum atomic E-state index is 13.3. The fourth-order valence-corrected chi connectivity index (χ4v) is 5.16. The molecular weight excluding hydrogens is 424 g/mol. The molecule has 1 heterocycles. The van der Waals surface area contributed by atoms with Gasteiger partial charge in [-0.2, -0.15) is 0 Å². The van der Waals surface area contributed by atoms with E-state index >= 15 is 0 Å². The molecule has 0 bridgehead atoms. The van der Waals surface area contributed by atoms with Crippen LogP contribution in [-0.2, 0) is 21.5 Å². The Morgan fingerprint density at radius 1 is 1.00 bits per heavy atom. The molecule has 2 unspecified atom stereocenters. The topological polar surface area (TPSA) is 58.6 Å². The molecule has 1 saturated carbocycles. The largest absolute Gasteiger partial charge is 0.372 e. The number of halogens is 1. The molecule has 1 aliphatic carbocycles. The van der Waals surface area contributed by atoms with E-state index in [0.717, 1.165) is 36.8 Å². The lowest BCUT2D eigenvalue weighted by molar-refractivity contribution is -0.126. The second-order valence-corrected chi connectivity index (χ2v) is 9.58. The van der Waals surface area contributed by atoms with Gasteiger partial charge in [-0.05, 0) is 62.1 Å². The van der Waals surface area contributed by atoms with Gasteiger partial charge in [0.1, 0.15) is 0 Å². The SMILES string of the molecule is CC1CN(C(=O)c2ccc(CNC(=O)C3(c4ccc(Cl)cc4)CCCC3)cc2)CC(C)O1. The number of hydrogen-bond donors (Lipinski definition) is 1. The minimum absolute atomic E-state index is 0.0234. The van der Waals surface area contributed by atoms with Crippen LogP contribution in [0.15, 0.2) is 48.5 Å². The second kappa shape index (κ2) is 9.63. The third-order valence-corrected chi connectivity index (χ3v) is 6.90. The Labute approximate surface area is 195 Å². The van der Waals surface area contributed by atoms with Crippen molar-refractivity contribution in [3.05, 3.63) is 70.2 Å². The van der Waals surface area contributed by atoms with E-state index in [1.54, 1.807) is 0 Å². The number of nitrogens with one attached hydrogen (secondary N) is 1. The van der Waals surface area contributed by atoms with Gasteiger partial charge in [0.15, 0.2) is 0 Å². The lowest BCUT2D eigenvalue weighted by atomic mass is 9.78. The van der Waals surface area contributed by atoms with Crippen LogP contribution in [0, 0.1) is 0 Å². The number of hydrogen-bond acceptors (Lipinski definition) is 3. The number of ether oxygens (including phenoxy) is 1. The van der Waals surface area contributed by atoms with E-state index in [2.05, 4.69) is 5.32 Å². The summed E-state index contributed by atoms with van der Waals surface area (Å²) in [5.74, 6) is 0.0870. The second-order valence-electron chi connectivity index (χ2n) is 9.14. The first kappa shape index (κ1) is 22.8. The van der Waals surface area contributed by atoms with Crippen LogP contribution >= 0.6 is 11.6 Å². The van der Waals surface area contributed by atoms with E-state index in [9.17, 15) is 9.59 Å². The molecule has 1 N–H and O–H groups in total. The first-order valence-corrected chi connectivity index (χ1v) is 11.8. The van der Waals surface area contributed by atoms with Crippen LogP contribution in [-0.4, -0.2) is 42.0 Å². The van der Waals surface area contributed by atoms with Crippen LogP contribution in [0.25, 0.3) is 0 Å². The minimum atomic E-state index is -0.482. The lowest BCUT2D eigenvalue weighted by Gasteiger charge is -2.35. The van der Waals surface area contributed by atoms with Crippen LogP contribution < -0.4 is 5.32 Å². The summed E-state index contributed by atoms with van der Waals surface area (Å²) in [6.45, 7) is 5.63. The van der Waals surface area contributed by atoms with Gasteiger partial charge in [0.25, 0.3) is 5.91 Å². The van der Waals surface area contributed by atoms with Gasteiger partial charge in [0, 0.05) is 30.2 Å². The van der Waals surface area contributed by atoms with Crippen LogP contribution in [0.5, 0.6) is 0 Å². The van der Waals surface area contributed by atoms with Crippen molar-refractivity contribution in [2.45, 2.75) is 63.7 Å². The molecule has 170 valence electrons. The Morgan fingerprint density at radius 2 is 1.59 bits per heavy atom. The Hall–Kier alpha value is -2.37. The quantitative estimate of drug-likeness (QED) is 0.711. The molecule has 5 nitrogen and oxygen atoms in total. The number of rotatable bonds is 5. The molecule has 2 aromatic carbocycles. The van der Waals surface area contributed by atoms with E-state index in [-0.39, 0.29) is 24.0 Å². The number of amides is 2. The third kappa shape index (κ3) is 4.84. The summed E-state index contributed by atoms with van der Waals surface area (Å²) < 4.78 is 5.72. The van der Waals surface area contributed by atoms with Crippen molar-refractivity contribution >= 4 is 23.4 Å². The highest BCUT2D eigenvalue weighted by Gasteiger charge is 2.42. The van der Waals surface area contributed by atoms with Gasteiger partial charge in [0.05, 0.1) is 17.6 Å². The van der Waals surface area contributed by atoms with Crippen molar-refractivity contribution in [3.63, 3.8) is 0 Å². The fourth-order valence-electron chi connectivity index (χ4n) is 5.04. The summed E-state index contributed by atoms with van der Waals surface area (Å²) in [6, 6.07) is 15.2. The number of benzene rings is 2. The highest BCUT2D eigenvalue weighted by molar-refractivity contribution is 6.30. The number of carbonyl (C=O) groups is 2. The molecule has 1 aliphatic heterocycles. The molecule has 1 saturated heterocycles. The van der Waals surface area contributed by atoms with Gasteiger partial charge in [-0.25, -0.2) is 0 Å². The van der Waals surface area contributed by atoms with Crippen LogP contribution in [0.3, 0.4) is 0 Å². The highest BCUT2D eigenvalue weighted by Crippen LogP contribution is 2.41. The monoisotopic (exact) mass is 454 g/mol. The van der Waals surface area contributed by atoms with Crippen LogP contribution in [0.1, 0.15) is 61.0 Å². The molecule has 4 rings (SSSR count). The Kier molecular flexibility index (Phi) is 6.87. The van der Waals surface area contributed by atoms with E-state index in [0.29, 0.717) is 30.2 Å². The average molecular weight is 455 g/mol. The van der Waals surface area contributed by atoms with Crippen molar-refractivity contribution in [2.75, 3.05) is 13.1 Å². The first-order valence-electron chi connectivity index (χ1n) is 11.5. The molecule has 2 aliphatic rings. The van der Waals surface area contributed by atoms with E-state index in [4.69, 9.17) is 16.3 Å². The number of nitrogens with zero attached hydrogens (tertiary/aromatic N) is 1. The van der Waals surface area contributed by atoms with E-state index in [1.807, 2.05) is 67.3 Å². The molecule has 2 aromatic rings. The molecule has 2 amide bonds. The first-order chi connectivity index (χ1) is 15.4. The normalized spacial score (nSPS) is 22.5. The van der Waals surface area contributed by atoms with Crippen molar-refractivity contribution < 1.29 is 14.3 Å². The Bertz CT molecular complexity index is 942. The summed E-state index contributed by atoms with van der Waals surface area (Å²) >= 11 is 6.05. The minimum Gasteiger partial charge on any atom is -0.372 e. The van der Waals surface area contributed by atoms with Gasteiger partial charge < -0.3 is 15.0 Å². The molecule has 0 spiro atoms. The van der Waals surface area contributed by atoms with Gasteiger partial charge in [-0.1, -0.05) is 48.7 Å². The lowest BCUT2D eigenvalue weighted by Crippen LogP contribution is -2.48. The van der Waals surface area contributed by atoms with Crippen molar-refractivity contribution in [2.24, 2.45) is 0 Å². The average Bonchev–Trinajstić information content (AvgIpc) is 3.28. The summed E-state index contributed by atoms with van der Waals surface area (Å²) in [7, 11) is 0. The molecule has 2 atom stereocenters. The van der Waals surface area contributed by atoms with Gasteiger partial charge >= 0.3 is 0 Å². The third-order valence-electron chi connectivity index (χ3n) is 6.65.